The highest BCUT2D eigenvalue weighted by Crippen LogP contribution is 2.18. The van der Waals surface area contributed by atoms with Gasteiger partial charge in [0, 0.05) is 24.5 Å². The monoisotopic (exact) mass is 305 g/mol. The lowest BCUT2D eigenvalue weighted by Crippen LogP contribution is -2.27. The van der Waals surface area contributed by atoms with E-state index in [1.165, 1.54) is 0 Å². The quantitative estimate of drug-likeness (QED) is 0.886. The molecule has 2 unspecified atom stereocenters. The number of hydrogen-bond donors (Lipinski definition) is 2. The van der Waals surface area contributed by atoms with Crippen molar-refractivity contribution in [2.45, 2.75) is 30.8 Å². The van der Waals surface area contributed by atoms with Crippen LogP contribution < -0.4 is 10.5 Å². The lowest BCUT2D eigenvalue weighted by Gasteiger charge is -2.14. The average Bonchev–Trinajstić information content (AvgIpc) is 2.48. The molecule has 2 atom stereocenters. The van der Waals surface area contributed by atoms with Gasteiger partial charge in [-0.2, -0.15) is 0 Å². The van der Waals surface area contributed by atoms with Crippen LogP contribution in [-0.2, 0) is 10.0 Å². The molecule has 0 aliphatic heterocycles. The van der Waals surface area contributed by atoms with Crippen molar-refractivity contribution >= 4 is 10.0 Å². The Hall–Kier alpha value is -1.76. The van der Waals surface area contributed by atoms with Gasteiger partial charge < -0.3 is 5.73 Å². The minimum atomic E-state index is -3.57. The third kappa shape index (κ3) is 3.87. The first kappa shape index (κ1) is 15.6. The van der Waals surface area contributed by atoms with E-state index in [2.05, 4.69) is 9.71 Å². The van der Waals surface area contributed by atoms with E-state index in [9.17, 15) is 8.42 Å². The first-order chi connectivity index (χ1) is 9.90. The van der Waals surface area contributed by atoms with Crippen LogP contribution in [-0.4, -0.2) is 13.4 Å². The third-order valence-electron chi connectivity index (χ3n) is 3.23. The summed E-state index contributed by atoms with van der Waals surface area (Å²) in [7, 11) is -3.57. The molecule has 6 heteroatoms. The van der Waals surface area contributed by atoms with Crippen molar-refractivity contribution in [2.75, 3.05) is 0 Å². The van der Waals surface area contributed by atoms with Crippen molar-refractivity contribution in [2.24, 2.45) is 5.73 Å². The van der Waals surface area contributed by atoms with E-state index in [4.69, 9.17) is 5.73 Å². The van der Waals surface area contributed by atoms with Gasteiger partial charge in [-0.1, -0.05) is 18.2 Å². The number of rotatable bonds is 5. The molecular formula is C15H19N3O2S. The third-order valence-corrected chi connectivity index (χ3v) is 4.79. The Morgan fingerprint density at radius 1 is 1.10 bits per heavy atom. The fourth-order valence-electron chi connectivity index (χ4n) is 1.95. The van der Waals surface area contributed by atoms with Gasteiger partial charge in [-0.3, -0.25) is 4.98 Å². The summed E-state index contributed by atoms with van der Waals surface area (Å²) in [6, 6.07) is 9.73. The van der Waals surface area contributed by atoms with E-state index < -0.39 is 10.0 Å². The largest absolute Gasteiger partial charge is 0.324 e. The molecular weight excluding hydrogens is 286 g/mol. The van der Waals surface area contributed by atoms with Gasteiger partial charge in [0.2, 0.25) is 10.0 Å². The summed E-state index contributed by atoms with van der Waals surface area (Å²) in [5, 5.41) is 0. The molecule has 0 amide bonds. The molecule has 0 saturated carbocycles. The Bertz CT molecular complexity index is 683. The van der Waals surface area contributed by atoms with E-state index in [0.717, 1.165) is 11.1 Å². The topological polar surface area (TPSA) is 85.1 Å². The van der Waals surface area contributed by atoms with E-state index >= 15 is 0 Å². The van der Waals surface area contributed by atoms with E-state index in [1.807, 2.05) is 13.0 Å². The molecule has 5 nitrogen and oxygen atoms in total. The number of aromatic nitrogens is 1. The zero-order valence-electron chi connectivity index (χ0n) is 12.0. The molecule has 112 valence electrons. The van der Waals surface area contributed by atoms with E-state index in [1.54, 1.807) is 49.6 Å². The highest BCUT2D eigenvalue weighted by atomic mass is 32.2. The highest BCUT2D eigenvalue weighted by Gasteiger charge is 2.18. The molecule has 1 aromatic heterocycles. The molecule has 0 fully saturated rings. The fraction of sp³-hybridized carbons (Fsp3) is 0.267. The van der Waals surface area contributed by atoms with Gasteiger partial charge >= 0.3 is 0 Å². The van der Waals surface area contributed by atoms with Crippen LogP contribution >= 0.6 is 0 Å². The Labute approximate surface area is 125 Å². The van der Waals surface area contributed by atoms with Crippen molar-refractivity contribution < 1.29 is 8.42 Å². The fourth-order valence-corrected chi connectivity index (χ4v) is 3.18. The predicted molar refractivity (Wildman–Crippen MR) is 82.0 cm³/mol. The second-order valence-electron chi connectivity index (χ2n) is 4.99. The number of pyridine rings is 1. The van der Waals surface area contributed by atoms with Crippen molar-refractivity contribution in [3.63, 3.8) is 0 Å². The van der Waals surface area contributed by atoms with E-state index in [-0.39, 0.29) is 17.0 Å². The summed E-state index contributed by atoms with van der Waals surface area (Å²) >= 11 is 0. The summed E-state index contributed by atoms with van der Waals surface area (Å²) in [6.45, 7) is 3.64. The second kappa shape index (κ2) is 6.34. The Morgan fingerprint density at radius 2 is 1.76 bits per heavy atom. The van der Waals surface area contributed by atoms with Gasteiger partial charge in [-0.05, 0) is 43.2 Å². The summed E-state index contributed by atoms with van der Waals surface area (Å²) in [5.41, 5.74) is 7.47. The first-order valence-corrected chi connectivity index (χ1v) is 8.16. The van der Waals surface area contributed by atoms with Crippen molar-refractivity contribution in [3.05, 3.63) is 59.9 Å². The van der Waals surface area contributed by atoms with Crippen molar-refractivity contribution in [1.29, 1.82) is 0 Å². The molecule has 0 spiro atoms. The smallest absolute Gasteiger partial charge is 0.241 e. The van der Waals surface area contributed by atoms with Gasteiger partial charge in [0.05, 0.1) is 4.90 Å². The minimum absolute atomic E-state index is 0.121. The van der Waals surface area contributed by atoms with Crippen LogP contribution in [0.4, 0.5) is 0 Å². The Kier molecular flexibility index (Phi) is 4.72. The molecule has 2 rings (SSSR count). The number of nitrogens with two attached hydrogens (primary N) is 1. The standard InChI is InChI=1S/C15H19N3O2S/c1-11(16)13-5-7-15(8-6-13)21(19,20)18-12(2)14-4-3-9-17-10-14/h3-12,18H,16H2,1-2H3. The Morgan fingerprint density at radius 3 is 2.29 bits per heavy atom. The zero-order valence-corrected chi connectivity index (χ0v) is 12.8. The summed E-state index contributed by atoms with van der Waals surface area (Å²) < 4.78 is 27.3. The van der Waals surface area contributed by atoms with Gasteiger partial charge in [0.15, 0.2) is 0 Å². The molecule has 3 N–H and O–H groups in total. The number of benzene rings is 1. The number of hydrogen-bond acceptors (Lipinski definition) is 4. The first-order valence-electron chi connectivity index (χ1n) is 6.68. The van der Waals surface area contributed by atoms with Gasteiger partial charge in [0.25, 0.3) is 0 Å². The molecule has 0 saturated heterocycles. The van der Waals surface area contributed by atoms with Crippen LogP contribution in [0.1, 0.15) is 37.1 Å². The van der Waals surface area contributed by atoms with Crippen LogP contribution in [0, 0.1) is 0 Å². The molecule has 0 bridgehead atoms. The molecule has 1 aromatic carbocycles. The molecule has 0 radical (unpaired) electrons. The minimum Gasteiger partial charge on any atom is -0.324 e. The van der Waals surface area contributed by atoms with Crippen molar-refractivity contribution in [1.82, 2.24) is 9.71 Å². The van der Waals surface area contributed by atoms with Gasteiger partial charge in [-0.25, -0.2) is 13.1 Å². The van der Waals surface area contributed by atoms with Crippen LogP contribution in [0.2, 0.25) is 0 Å². The van der Waals surface area contributed by atoms with Crippen molar-refractivity contribution in [3.8, 4) is 0 Å². The summed E-state index contributed by atoms with van der Waals surface area (Å²) in [5.74, 6) is 0. The maximum Gasteiger partial charge on any atom is 0.241 e. The normalized spacial score (nSPS) is 14.6. The maximum atomic E-state index is 12.3. The average molecular weight is 305 g/mol. The van der Waals surface area contributed by atoms with Crippen LogP contribution in [0.5, 0.6) is 0 Å². The van der Waals surface area contributed by atoms with E-state index in [0.29, 0.717) is 0 Å². The van der Waals surface area contributed by atoms with Crippen LogP contribution in [0.15, 0.2) is 53.7 Å². The molecule has 21 heavy (non-hydrogen) atoms. The molecule has 0 aliphatic carbocycles. The SMILES string of the molecule is CC(N)c1ccc(S(=O)(=O)NC(C)c2cccnc2)cc1. The van der Waals surface area contributed by atoms with Crippen LogP contribution in [0.25, 0.3) is 0 Å². The van der Waals surface area contributed by atoms with Crippen LogP contribution in [0.3, 0.4) is 0 Å². The summed E-state index contributed by atoms with van der Waals surface area (Å²) in [4.78, 5) is 4.22. The zero-order chi connectivity index (χ0) is 15.5. The number of nitrogens with one attached hydrogen (secondary N) is 1. The highest BCUT2D eigenvalue weighted by molar-refractivity contribution is 7.89. The predicted octanol–water partition coefficient (Wildman–Crippen LogP) is 2.14. The Balaban J connectivity index is 2.18. The van der Waals surface area contributed by atoms with Gasteiger partial charge in [-0.15, -0.1) is 0 Å². The maximum absolute atomic E-state index is 12.3. The summed E-state index contributed by atoms with van der Waals surface area (Å²) in [6.07, 6.45) is 3.30. The molecule has 1 heterocycles. The number of sulfonamides is 1. The molecule has 2 aromatic rings. The van der Waals surface area contributed by atoms with Gasteiger partial charge in [0.1, 0.15) is 0 Å². The lowest BCUT2D eigenvalue weighted by molar-refractivity contribution is 0.566. The second-order valence-corrected chi connectivity index (χ2v) is 6.70. The lowest BCUT2D eigenvalue weighted by atomic mass is 10.1. The molecule has 0 aliphatic rings. The number of nitrogens with zero attached hydrogens (tertiary/aromatic N) is 1.